The number of ether oxygens (including phenoxy) is 4. The molecular formula is C27H31Cl2F2N2O6+. The molecule has 0 unspecified atom stereocenters. The van der Waals surface area contributed by atoms with Gasteiger partial charge >= 0.3 is 18.7 Å². The number of esters is 1. The van der Waals surface area contributed by atoms with Gasteiger partial charge in [-0.15, -0.1) is 0 Å². The standard InChI is InChI=1S/C27H30Cl2F2N2O6/c1-27(2,3)39-26(35)33-12-17(13-33)24(34)37-22(9-18-19(28)10-32-11-20(18)29)16-6-7-21(38-25(30)31)23(8-16)36-14-15-4-5-15/h6-8,10-11,15,17,22,25H,4-5,9,12-14H2,1-3H3/p+1/t22-/m0/s1. The zero-order valence-electron chi connectivity index (χ0n) is 21.8. The Labute approximate surface area is 235 Å². The van der Waals surface area contributed by atoms with E-state index in [1.54, 1.807) is 33.2 Å². The van der Waals surface area contributed by atoms with Crippen molar-refractivity contribution in [1.29, 1.82) is 0 Å². The van der Waals surface area contributed by atoms with Crippen LogP contribution in [0.5, 0.6) is 11.5 Å². The minimum Gasteiger partial charge on any atom is -0.489 e. The molecule has 2 heterocycles. The van der Waals surface area contributed by atoms with Gasteiger partial charge in [0, 0.05) is 25.1 Å². The number of H-pyrrole nitrogens is 1. The summed E-state index contributed by atoms with van der Waals surface area (Å²) >= 11 is 12.7. The van der Waals surface area contributed by atoms with E-state index in [1.165, 1.54) is 23.1 Å². The fourth-order valence-electron chi connectivity index (χ4n) is 3.95. The summed E-state index contributed by atoms with van der Waals surface area (Å²) in [7, 11) is 0. The summed E-state index contributed by atoms with van der Waals surface area (Å²) in [5.41, 5.74) is 0.366. The number of hydrogen-bond donors (Lipinski definition) is 0. The molecule has 1 saturated heterocycles. The number of likely N-dealkylation sites (tertiary alicyclic amines) is 1. The van der Waals surface area contributed by atoms with E-state index in [-0.39, 0.29) is 31.0 Å². The van der Waals surface area contributed by atoms with Gasteiger partial charge in [0.2, 0.25) is 0 Å². The molecule has 4 rings (SSSR count). The van der Waals surface area contributed by atoms with Gasteiger partial charge in [0.1, 0.15) is 21.8 Å². The number of aromatic nitrogens is 1. The number of alkyl halides is 2. The first-order chi connectivity index (χ1) is 18.4. The monoisotopic (exact) mass is 587 g/mol. The Morgan fingerprint density at radius 1 is 1.10 bits per heavy atom. The number of halogens is 4. The zero-order valence-corrected chi connectivity index (χ0v) is 23.4. The number of carbonyl (C=O) groups is 2. The molecule has 2 aliphatic rings. The Hall–Kier alpha value is -2.85. The summed E-state index contributed by atoms with van der Waals surface area (Å²) in [5.74, 6) is -0.702. The quantitative estimate of drug-likeness (QED) is 0.322. The number of hydrogen-bond acceptors (Lipinski definition) is 6. The van der Waals surface area contributed by atoms with Crippen LogP contribution in [0.1, 0.15) is 50.8 Å². The van der Waals surface area contributed by atoms with Crippen LogP contribution in [0.25, 0.3) is 0 Å². The Bertz CT molecular complexity index is 1180. The maximum atomic E-state index is 13.1. The van der Waals surface area contributed by atoms with Crippen LogP contribution in [-0.4, -0.2) is 48.9 Å². The van der Waals surface area contributed by atoms with Crippen LogP contribution in [0.4, 0.5) is 13.6 Å². The number of rotatable bonds is 10. The smallest absolute Gasteiger partial charge is 0.410 e. The second-order valence-corrected chi connectivity index (χ2v) is 11.5. The second kappa shape index (κ2) is 12.1. The van der Waals surface area contributed by atoms with Crippen molar-refractivity contribution in [3.63, 3.8) is 0 Å². The van der Waals surface area contributed by atoms with Gasteiger partial charge in [-0.3, -0.25) is 4.79 Å². The number of aromatic amines is 1. The first kappa shape index (κ1) is 29.1. The number of pyridine rings is 1. The van der Waals surface area contributed by atoms with Crippen molar-refractivity contribution in [1.82, 2.24) is 4.90 Å². The molecule has 0 radical (unpaired) electrons. The number of nitrogens with one attached hydrogen (secondary N) is 1. The largest absolute Gasteiger partial charge is 0.489 e. The molecule has 39 heavy (non-hydrogen) atoms. The molecule has 0 spiro atoms. The van der Waals surface area contributed by atoms with Gasteiger partial charge in [-0.2, -0.15) is 8.78 Å². The maximum absolute atomic E-state index is 13.1. The minimum absolute atomic E-state index is 0.109. The molecule has 2 fully saturated rings. The predicted molar refractivity (Wildman–Crippen MR) is 138 cm³/mol. The maximum Gasteiger partial charge on any atom is 0.410 e. The molecule has 12 heteroatoms. The van der Waals surface area contributed by atoms with Gasteiger partial charge < -0.3 is 23.8 Å². The van der Waals surface area contributed by atoms with Gasteiger partial charge in [0.25, 0.3) is 0 Å². The number of amides is 1. The molecule has 212 valence electrons. The molecule has 1 N–H and O–H groups in total. The number of carbonyl (C=O) groups excluding carboxylic acids is 2. The van der Waals surface area contributed by atoms with Crippen LogP contribution in [0.15, 0.2) is 30.6 Å². The highest BCUT2D eigenvalue weighted by Crippen LogP contribution is 2.38. The van der Waals surface area contributed by atoms with Crippen molar-refractivity contribution in [2.24, 2.45) is 11.8 Å². The molecule has 1 aromatic carbocycles. The van der Waals surface area contributed by atoms with Gasteiger partial charge in [-0.05, 0) is 57.2 Å². The van der Waals surface area contributed by atoms with Crippen molar-refractivity contribution < 1.29 is 42.3 Å². The summed E-state index contributed by atoms with van der Waals surface area (Å²) in [5, 5.41) is 0.678. The highest BCUT2D eigenvalue weighted by atomic mass is 35.5. The van der Waals surface area contributed by atoms with Crippen LogP contribution in [0, 0.1) is 11.8 Å². The summed E-state index contributed by atoms with van der Waals surface area (Å²) in [4.78, 5) is 29.6. The molecule has 0 bridgehead atoms. The Morgan fingerprint density at radius 3 is 2.36 bits per heavy atom. The summed E-state index contributed by atoms with van der Waals surface area (Å²) < 4.78 is 47.7. The van der Waals surface area contributed by atoms with Gasteiger partial charge in [-0.1, -0.05) is 29.3 Å². The third kappa shape index (κ3) is 8.08. The lowest BCUT2D eigenvalue weighted by Crippen LogP contribution is -2.54. The number of nitrogens with zero attached hydrogens (tertiary/aromatic N) is 1. The van der Waals surface area contributed by atoms with Gasteiger partial charge in [0.05, 0.1) is 12.5 Å². The average molecular weight is 588 g/mol. The molecule has 8 nitrogen and oxygen atoms in total. The first-order valence-electron chi connectivity index (χ1n) is 12.6. The highest BCUT2D eigenvalue weighted by molar-refractivity contribution is 6.35. The summed E-state index contributed by atoms with van der Waals surface area (Å²) in [6.45, 7) is 2.93. The molecule has 1 saturated carbocycles. The first-order valence-corrected chi connectivity index (χ1v) is 13.4. The third-order valence-electron chi connectivity index (χ3n) is 6.24. The van der Waals surface area contributed by atoms with Crippen LogP contribution in [-0.2, 0) is 20.7 Å². The molecule has 1 aliphatic carbocycles. The Morgan fingerprint density at radius 2 is 1.77 bits per heavy atom. The second-order valence-electron chi connectivity index (χ2n) is 10.7. The van der Waals surface area contributed by atoms with Crippen LogP contribution in [0.2, 0.25) is 10.0 Å². The highest BCUT2D eigenvalue weighted by Gasteiger charge is 2.40. The molecule has 1 atom stereocenters. The van der Waals surface area contributed by atoms with Gasteiger partial charge in [-0.25, -0.2) is 9.78 Å². The van der Waals surface area contributed by atoms with E-state index in [4.69, 9.17) is 37.4 Å². The van der Waals surface area contributed by atoms with E-state index in [0.29, 0.717) is 33.7 Å². The molecular weight excluding hydrogens is 557 g/mol. The average Bonchev–Trinajstić information content (AvgIpc) is 3.62. The molecule has 1 aliphatic heterocycles. The van der Waals surface area contributed by atoms with Crippen molar-refractivity contribution >= 4 is 35.3 Å². The fourth-order valence-corrected chi connectivity index (χ4v) is 4.48. The van der Waals surface area contributed by atoms with Crippen LogP contribution < -0.4 is 14.5 Å². The normalized spacial score (nSPS) is 16.5. The van der Waals surface area contributed by atoms with Crippen LogP contribution in [0.3, 0.4) is 0 Å². The van der Waals surface area contributed by atoms with Crippen molar-refractivity contribution in [3.05, 3.63) is 51.8 Å². The van der Waals surface area contributed by atoms with E-state index in [0.717, 1.165) is 12.8 Å². The summed E-state index contributed by atoms with van der Waals surface area (Å²) in [6, 6.07) is 4.42. The van der Waals surface area contributed by atoms with Crippen molar-refractivity contribution in [3.8, 4) is 11.5 Å². The lowest BCUT2D eigenvalue weighted by atomic mass is 9.99. The Balaban J connectivity index is 1.54. The summed E-state index contributed by atoms with van der Waals surface area (Å²) in [6.07, 6.45) is 3.84. The van der Waals surface area contributed by atoms with E-state index in [9.17, 15) is 18.4 Å². The van der Waals surface area contributed by atoms with E-state index < -0.39 is 36.3 Å². The van der Waals surface area contributed by atoms with Crippen LogP contribution >= 0.6 is 23.2 Å². The predicted octanol–water partition coefficient (Wildman–Crippen LogP) is 5.89. The van der Waals surface area contributed by atoms with E-state index >= 15 is 0 Å². The third-order valence-corrected chi connectivity index (χ3v) is 6.91. The Kier molecular flexibility index (Phi) is 9.06. The zero-order chi connectivity index (χ0) is 28.3. The SMILES string of the molecule is CC(C)(C)OC(=O)N1CC(C(=O)O[C@@H](Cc2c(Cl)c[nH+]cc2Cl)c2ccc(OC(F)F)c(OCC3CC3)c2)C1. The van der Waals surface area contributed by atoms with E-state index in [1.807, 2.05) is 0 Å². The van der Waals surface area contributed by atoms with Gasteiger partial charge in [0.15, 0.2) is 23.9 Å². The fraction of sp³-hybridized carbons (Fsp3) is 0.519. The lowest BCUT2D eigenvalue weighted by molar-refractivity contribution is -0.377. The molecule has 1 amide bonds. The van der Waals surface area contributed by atoms with E-state index in [2.05, 4.69) is 9.72 Å². The lowest BCUT2D eigenvalue weighted by Gasteiger charge is -2.38. The molecule has 2 aromatic rings. The van der Waals surface area contributed by atoms with Crippen molar-refractivity contribution in [2.75, 3.05) is 19.7 Å². The number of benzene rings is 1. The molecule has 1 aromatic heterocycles. The van der Waals surface area contributed by atoms with Crippen molar-refractivity contribution in [2.45, 2.75) is 58.4 Å². The topological polar surface area (TPSA) is 88.4 Å². The minimum atomic E-state index is -3.03.